The molecule has 0 atom stereocenters. The number of ether oxygens (including phenoxy) is 2. The van der Waals surface area contributed by atoms with Crippen LogP contribution in [-0.2, 0) is 9.59 Å². The smallest absolute Gasteiger partial charge is 0.457 e. The van der Waals surface area contributed by atoms with Gasteiger partial charge in [-0.3, -0.25) is 9.59 Å². The number of halogens is 6. The van der Waals surface area contributed by atoms with Gasteiger partial charge in [-0.15, -0.1) is 0 Å². The van der Waals surface area contributed by atoms with E-state index in [4.69, 9.17) is 9.47 Å². The number of amides is 2. The highest BCUT2D eigenvalue weighted by molar-refractivity contribution is 5.95. The van der Waals surface area contributed by atoms with Crippen molar-refractivity contribution in [1.29, 1.82) is 0 Å². The zero-order valence-corrected chi connectivity index (χ0v) is 19.0. The largest absolute Gasteiger partial charge is 0.471 e. The van der Waals surface area contributed by atoms with E-state index >= 15 is 0 Å². The number of anilines is 2. The standard InChI is InChI=1S/C26H16F6N2O4/c27-25(28,29)23(35)33-17-3-9-19(10-4-17)37-21-7-1-15-2-8-22(14-16(15)13-21)38-20-11-5-18(6-12-20)34-24(36)26(30,31)32/h1-14H,(H,33,35)(H,34,36). The van der Waals surface area contributed by atoms with Crippen LogP contribution in [0.2, 0.25) is 0 Å². The van der Waals surface area contributed by atoms with Gasteiger partial charge in [-0.1, -0.05) is 12.1 Å². The fourth-order valence-electron chi connectivity index (χ4n) is 3.22. The average Bonchev–Trinajstić information content (AvgIpc) is 2.85. The summed E-state index contributed by atoms with van der Waals surface area (Å²) in [4.78, 5) is 22.1. The Bertz CT molecular complexity index is 1360. The molecule has 0 aromatic heterocycles. The molecule has 2 amide bonds. The van der Waals surface area contributed by atoms with E-state index < -0.39 is 24.2 Å². The first-order valence-corrected chi connectivity index (χ1v) is 10.7. The van der Waals surface area contributed by atoms with Crippen molar-refractivity contribution in [1.82, 2.24) is 0 Å². The van der Waals surface area contributed by atoms with E-state index in [0.29, 0.717) is 23.0 Å². The van der Waals surface area contributed by atoms with Crippen LogP contribution in [0.15, 0.2) is 84.9 Å². The summed E-state index contributed by atoms with van der Waals surface area (Å²) in [5.74, 6) is -2.68. The number of carbonyl (C=O) groups is 2. The summed E-state index contributed by atoms with van der Waals surface area (Å²) in [5, 5.41) is 5.06. The number of fused-ring (bicyclic) bond motifs is 1. The molecule has 0 bridgehead atoms. The van der Waals surface area contributed by atoms with Crippen LogP contribution < -0.4 is 20.1 Å². The normalized spacial score (nSPS) is 11.6. The predicted octanol–water partition coefficient (Wildman–Crippen LogP) is 7.43. The molecule has 6 nitrogen and oxygen atoms in total. The van der Waals surface area contributed by atoms with Crippen LogP contribution in [0.25, 0.3) is 10.8 Å². The van der Waals surface area contributed by atoms with Gasteiger partial charge in [0.1, 0.15) is 23.0 Å². The second-order valence-corrected chi connectivity index (χ2v) is 7.83. The number of alkyl halides is 6. The lowest BCUT2D eigenvalue weighted by Crippen LogP contribution is -2.29. The first-order valence-electron chi connectivity index (χ1n) is 10.7. The SMILES string of the molecule is O=C(Nc1ccc(Oc2ccc3ccc(Oc4ccc(NC(=O)C(F)(F)F)cc4)cc3c2)cc1)C(F)(F)F. The Morgan fingerprint density at radius 2 is 0.842 bits per heavy atom. The van der Waals surface area contributed by atoms with Crippen LogP contribution in [0.3, 0.4) is 0 Å². The Morgan fingerprint density at radius 1 is 0.500 bits per heavy atom. The van der Waals surface area contributed by atoms with Crippen LogP contribution in [0.1, 0.15) is 0 Å². The molecule has 196 valence electrons. The van der Waals surface area contributed by atoms with Crippen molar-refractivity contribution in [3.63, 3.8) is 0 Å². The molecule has 0 saturated carbocycles. The second-order valence-electron chi connectivity index (χ2n) is 7.83. The first-order chi connectivity index (χ1) is 17.9. The number of hydrogen-bond acceptors (Lipinski definition) is 4. The molecular weight excluding hydrogens is 518 g/mol. The van der Waals surface area contributed by atoms with Gasteiger partial charge in [-0.25, -0.2) is 0 Å². The van der Waals surface area contributed by atoms with Gasteiger partial charge >= 0.3 is 24.2 Å². The molecule has 0 aliphatic heterocycles. The number of carbonyl (C=O) groups excluding carboxylic acids is 2. The second kappa shape index (κ2) is 10.3. The minimum absolute atomic E-state index is 0.0456. The topological polar surface area (TPSA) is 76.7 Å². The molecule has 0 fully saturated rings. The maximum atomic E-state index is 12.4. The summed E-state index contributed by atoms with van der Waals surface area (Å²) in [6.45, 7) is 0. The molecule has 0 radical (unpaired) electrons. The summed E-state index contributed by atoms with van der Waals surface area (Å²) >= 11 is 0. The molecule has 0 heterocycles. The van der Waals surface area contributed by atoms with Crippen molar-refractivity contribution in [2.24, 2.45) is 0 Å². The van der Waals surface area contributed by atoms with E-state index in [9.17, 15) is 35.9 Å². The monoisotopic (exact) mass is 534 g/mol. The van der Waals surface area contributed by atoms with E-state index in [0.717, 1.165) is 10.8 Å². The first kappa shape index (κ1) is 26.3. The third kappa shape index (κ3) is 6.72. The van der Waals surface area contributed by atoms with Gasteiger partial charge < -0.3 is 20.1 Å². The van der Waals surface area contributed by atoms with Gasteiger partial charge in [0.05, 0.1) is 0 Å². The maximum Gasteiger partial charge on any atom is 0.471 e. The van der Waals surface area contributed by atoms with E-state index in [2.05, 4.69) is 0 Å². The molecule has 4 aromatic rings. The summed E-state index contributed by atoms with van der Waals surface area (Å²) in [6, 6.07) is 21.0. The lowest BCUT2D eigenvalue weighted by molar-refractivity contribution is -0.167. The van der Waals surface area contributed by atoms with Crippen LogP contribution in [0, 0.1) is 0 Å². The third-order valence-electron chi connectivity index (χ3n) is 4.99. The van der Waals surface area contributed by atoms with Crippen molar-refractivity contribution in [3.8, 4) is 23.0 Å². The molecule has 0 aliphatic rings. The van der Waals surface area contributed by atoms with E-state index in [-0.39, 0.29) is 11.4 Å². The molecule has 12 heteroatoms. The Balaban J connectivity index is 1.43. The van der Waals surface area contributed by atoms with Crippen molar-refractivity contribution in [2.75, 3.05) is 10.6 Å². The number of rotatable bonds is 6. The zero-order valence-electron chi connectivity index (χ0n) is 19.0. The molecule has 4 rings (SSSR count). The zero-order chi connectivity index (χ0) is 27.5. The van der Waals surface area contributed by atoms with Gasteiger partial charge in [0.2, 0.25) is 0 Å². The van der Waals surface area contributed by atoms with Gasteiger partial charge in [0.15, 0.2) is 0 Å². The summed E-state index contributed by atoms with van der Waals surface area (Å²) in [5.41, 5.74) is -0.0912. The minimum Gasteiger partial charge on any atom is -0.457 e. The molecular formula is C26H16F6N2O4. The minimum atomic E-state index is -5.00. The highest BCUT2D eigenvalue weighted by atomic mass is 19.4. The Morgan fingerprint density at radius 3 is 1.18 bits per heavy atom. The van der Waals surface area contributed by atoms with Crippen molar-refractivity contribution < 1.29 is 45.4 Å². The lowest BCUT2D eigenvalue weighted by Gasteiger charge is -2.11. The fourth-order valence-corrected chi connectivity index (χ4v) is 3.22. The molecule has 0 saturated heterocycles. The van der Waals surface area contributed by atoms with Crippen molar-refractivity contribution in [3.05, 3.63) is 84.9 Å². The van der Waals surface area contributed by atoms with Crippen LogP contribution in [0.5, 0.6) is 23.0 Å². The van der Waals surface area contributed by atoms with E-state index in [1.807, 2.05) is 0 Å². The quantitative estimate of drug-likeness (QED) is 0.252. The highest BCUT2D eigenvalue weighted by Crippen LogP contribution is 2.31. The van der Waals surface area contributed by atoms with Crippen LogP contribution >= 0.6 is 0 Å². The Kier molecular flexibility index (Phi) is 7.15. The van der Waals surface area contributed by atoms with Gasteiger partial charge in [-0.05, 0) is 83.6 Å². The number of hydrogen-bond donors (Lipinski definition) is 2. The van der Waals surface area contributed by atoms with Crippen LogP contribution in [-0.4, -0.2) is 24.2 Å². The van der Waals surface area contributed by atoms with E-state index in [1.165, 1.54) is 48.5 Å². The summed E-state index contributed by atoms with van der Waals surface area (Å²) in [6.07, 6.45) is -10.00. The Hall–Kier alpha value is -4.74. The van der Waals surface area contributed by atoms with Crippen molar-refractivity contribution in [2.45, 2.75) is 12.4 Å². The van der Waals surface area contributed by atoms with Gasteiger partial charge in [0.25, 0.3) is 0 Å². The summed E-state index contributed by atoms with van der Waals surface area (Å²) < 4.78 is 85.8. The Labute approximate surface area is 210 Å². The van der Waals surface area contributed by atoms with E-state index in [1.54, 1.807) is 47.0 Å². The lowest BCUT2D eigenvalue weighted by atomic mass is 10.1. The number of benzene rings is 4. The molecule has 0 spiro atoms. The van der Waals surface area contributed by atoms with Gasteiger partial charge in [0, 0.05) is 11.4 Å². The maximum absolute atomic E-state index is 12.4. The number of nitrogens with one attached hydrogen (secondary N) is 2. The molecule has 0 aliphatic carbocycles. The molecule has 4 aromatic carbocycles. The third-order valence-corrected chi connectivity index (χ3v) is 4.99. The fraction of sp³-hybridized carbons (Fsp3) is 0.0769. The average molecular weight is 534 g/mol. The van der Waals surface area contributed by atoms with Crippen molar-refractivity contribution >= 4 is 34.0 Å². The van der Waals surface area contributed by atoms with Gasteiger partial charge in [-0.2, -0.15) is 26.3 Å². The van der Waals surface area contributed by atoms with Crippen LogP contribution in [0.4, 0.5) is 37.7 Å². The summed E-state index contributed by atoms with van der Waals surface area (Å²) in [7, 11) is 0. The highest BCUT2D eigenvalue weighted by Gasteiger charge is 2.39. The molecule has 2 N–H and O–H groups in total. The molecule has 0 unspecified atom stereocenters. The predicted molar refractivity (Wildman–Crippen MR) is 126 cm³/mol. The molecule has 38 heavy (non-hydrogen) atoms.